The Morgan fingerprint density at radius 1 is 0.351 bits per heavy atom. The molecule has 0 amide bonds. The number of pyridine rings is 5. The summed E-state index contributed by atoms with van der Waals surface area (Å²) >= 11 is 17.3. The molecule has 4 fully saturated rings. The zero-order chi connectivity index (χ0) is 104. The van der Waals surface area contributed by atoms with Crippen molar-refractivity contribution in [2.45, 2.75) is 32.7 Å². The third-order valence-electron chi connectivity index (χ3n) is 25.1. The molecule has 148 heavy (non-hydrogen) atoms. The molecule has 4 saturated heterocycles. The summed E-state index contributed by atoms with van der Waals surface area (Å²) in [6.45, 7) is 15.2. The fraction of sp³-hybridized carbons (Fsp3) is 0.202. The molecule has 758 valence electrons. The van der Waals surface area contributed by atoms with E-state index >= 15 is 0 Å². The first-order valence-electron chi connectivity index (χ1n) is 46.9. The number of carbonyl (C=O) groups is 5. The number of carboxylic acids is 5. The third-order valence-corrected chi connectivity index (χ3v) is 27.7. The molecule has 4 aliphatic rings. The van der Waals surface area contributed by atoms with E-state index in [9.17, 15) is 59.7 Å². The van der Waals surface area contributed by atoms with Crippen molar-refractivity contribution in [3.8, 4) is 28.4 Å². The number of rotatable bonds is 26. The van der Waals surface area contributed by atoms with Gasteiger partial charge in [-0.3, -0.25) is 44.5 Å². The Morgan fingerprint density at radius 2 is 0.689 bits per heavy atom. The number of hydrogen-bond donors (Lipinski definition) is 13. The van der Waals surface area contributed by atoms with E-state index in [0.717, 1.165) is 217 Å². The van der Waals surface area contributed by atoms with E-state index in [4.69, 9.17) is 33.8 Å². The highest BCUT2D eigenvalue weighted by Crippen LogP contribution is 2.44. The minimum atomic E-state index is -1.22. The number of fused-ring (bicyclic) bond motifs is 6. The summed E-state index contributed by atoms with van der Waals surface area (Å²) in [5.74, 6) is -5.72. The monoisotopic (exact) mass is 2310 g/mol. The molecule has 0 spiro atoms. The number of carboxylic acid groups (broad SMARTS) is 5. The Labute approximate surface area is 889 Å². The van der Waals surface area contributed by atoms with E-state index in [0.29, 0.717) is 104 Å². The SMILES string of the molecule is COc1cccc(Nc2c(CN3CCOCC3)cnc3ccc(Br)cc23)c1C(=O)O.NCc1cnc2ccc(-c3cccc4ncoc34)cc2c1Nc1ccccc1C(=O)O.O=C(O)c1c(Nc2c(CN3CCOCC3)cnc3ccc(Br)cc23)ccc(Br)c1O.O=C(O)c1c(O)cccc1Nc1c(CN2CCOCC2)cnc2ccc(Br)cc12.O=C(O)c1ccccc1Nc1c(CN2CCOCC2)cnc2ccc(Br)cc12. The minimum Gasteiger partial charge on any atom is -0.507 e. The van der Waals surface area contributed by atoms with Crippen LogP contribution in [-0.4, -0.2) is 227 Å². The zero-order valence-corrected chi connectivity index (χ0v) is 87.4. The lowest BCUT2D eigenvalue weighted by Gasteiger charge is -2.28. The summed E-state index contributed by atoms with van der Waals surface area (Å²) in [4.78, 5) is 95.2. The lowest BCUT2D eigenvalue weighted by atomic mass is 10.00. The average Bonchev–Trinajstić information content (AvgIpc) is 1.02. The van der Waals surface area contributed by atoms with Crippen molar-refractivity contribution in [3.05, 3.63) is 322 Å². The van der Waals surface area contributed by atoms with Crippen LogP contribution in [0.5, 0.6) is 17.2 Å². The van der Waals surface area contributed by atoms with E-state index in [1.807, 2.05) is 140 Å². The maximum absolute atomic E-state index is 11.9. The van der Waals surface area contributed by atoms with Crippen LogP contribution in [0.1, 0.15) is 79.6 Å². The molecule has 4 aliphatic heterocycles. The van der Waals surface area contributed by atoms with Crippen molar-refractivity contribution in [1.82, 2.24) is 49.5 Å². The summed E-state index contributed by atoms with van der Waals surface area (Å²) in [6.07, 6.45) is 10.5. The quantitative estimate of drug-likeness (QED) is 0.0239. The van der Waals surface area contributed by atoms with Crippen LogP contribution in [-0.2, 0) is 51.7 Å². The molecule has 0 unspecified atom stereocenters. The van der Waals surface area contributed by atoms with Crippen LogP contribution in [0.15, 0.2) is 270 Å². The number of aromatic nitrogens is 6. The van der Waals surface area contributed by atoms with Gasteiger partial charge in [0.2, 0.25) is 0 Å². The summed E-state index contributed by atoms with van der Waals surface area (Å²) in [7, 11) is 1.47. The van der Waals surface area contributed by atoms with E-state index in [-0.39, 0.29) is 45.9 Å². The van der Waals surface area contributed by atoms with Crippen molar-refractivity contribution < 1.29 is 87.8 Å². The Kier molecular flexibility index (Phi) is 34.8. The molecule has 14 N–H and O–H groups in total. The number of halogens is 5. The van der Waals surface area contributed by atoms with Gasteiger partial charge in [-0.15, -0.1) is 0 Å². The lowest BCUT2D eigenvalue weighted by molar-refractivity contribution is 0.0342. The number of ether oxygens (including phenoxy) is 5. The summed E-state index contributed by atoms with van der Waals surface area (Å²) in [6, 6.07) is 61.8. The third kappa shape index (κ3) is 25.2. The molecule has 0 radical (unpaired) electrons. The summed E-state index contributed by atoms with van der Waals surface area (Å²) < 4.78 is 36.6. The molecule has 34 nitrogen and oxygen atoms in total. The van der Waals surface area contributed by atoms with Gasteiger partial charge >= 0.3 is 29.8 Å². The molecule has 0 bridgehead atoms. The highest BCUT2D eigenvalue weighted by atomic mass is 79.9. The van der Waals surface area contributed by atoms with Crippen LogP contribution in [0.3, 0.4) is 0 Å². The number of aromatic hydroxyl groups is 2. The largest absolute Gasteiger partial charge is 0.507 e. The van der Waals surface area contributed by atoms with Crippen LogP contribution in [0.4, 0.5) is 56.9 Å². The van der Waals surface area contributed by atoms with E-state index in [2.05, 4.69) is 156 Å². The standard InChI is InChI=1S/C24H18N4O3.C22H22BrN3O4.C21H19Br2N3O4.C21H20BrN3O4.C21H20BrN3O3/c25-11-15-12-26-19-9-8-14(16-5-3-7-21-23(16)31-13-27-21)10-18(19)22(15)28-20-6-2-1-4-17(20)24(29)30;1-29-19-4-2-3-18(20(19)22(27)28)25-21-14(13-26-7-9-30-10-8-26)12-24-17-6-5-15(23)11-16(17)21;22-13-1-3-16-14(9-13)19(12(10-24-16)11-26-5-7-30-8-6-26)25-17-4-2-15(23)20(27)18(17)21(28)29;22-14-4-5-16-15(10-14)20(13(11-23-16)12-25-6-8-29-9-7-25)24-17-2-1-3-18(26)19(17)21(27)28;22-15-5-6-18-17(11-15)20(24-19-4-2-1-3-16(19)21(26)27)14(12-23-18)13-25-7-9-28-10-8-25/h1-10,12-13H,11,25H2,(H,26,28)(H,29,30);2-6,11-12H,7-10,13H2,1H3,(H,24,25)(H,27,28);1-4,9-10,27H,5-8,11H2,(H,24,25)(H,28,29);1-5,10-11,26H,6-9,12H2,(H,23,24)(H,27,28);1-6,11-12H,7-10,13H2,(H,23,24)(H,26,27). The maximum atomic E-state index is 11.9. The van der Waals surface area contributed by atoms with Gasteiger partial charge in [-0.1, -0.05) is 118 Å². The number of hydrogen-bond acceptors (Lipinski definition) is 29. The molecule has 0 atom stereocenters. The van der Waals surface area contributed by atoms with Crippen molar-refractivity contribution in [2.75, 3.05) is 139 Å². The predicted molar refractivity (Wildman–Crippen MR) is 586 cm³/mol. The Balaban J connectivity index is 0.000000126. The first kappa shape index (κ1) is 105. The van der Waals surface area contributed by atoms with Gasteiger partial charge in [0, 0.05) is 194 Å². The molecular weight excluding hydrogens is 2220 g/mol. The number of benzene rings is 11. The molecule has 6 aromatic heterocycles. The first-order chi connectivity index (χ1) is 71.8. The summed E-state index contributed by atoms with van der Waals surface area (Å²) in [5.41, 5.74) is 24.3. The number of nitrogens with zero attached hydrogens (tertiary/aromatic N) is 10. The fourth-order valence-electron chi connectivity index (χ4n) is 17.7. The second-order valence-electron chi connectivity index (χ2n) is 34.6. The lowest BCUT2D eigenvalue weighted by Crippen LogP contribution is -2.35. The van der Waals surface area contributed by atoms with Gasteiger partial charge in [-0.25, -0.2) is 29.0 Å². The molecular formula is C109H99Br5N16O18. The zero-order valence-electron chi connectivity index (χ0n) is 79.5. The maximum Gasteiger partial charge on any atom is 0.341 e. The number of para-hydroxylation sites is 3. The smallest absolute Gasteiger partial charge is 0.341 e. The molecule has 39 heteroatoms. The molecule has 10 heterocycles. The van der Waals surface area contributed by atoms with Crippen molar-refractivity contribution in [1.29, 1.82) is 0 Å². The number of morpholine rings is 4. The highest BCUT2D eigenvalue weighted by Gasteiger charge is 2.29. The first-order valence-corrected chi connectivity index (χ1v) is 50.9. The van der Waals surface area contributed by atoms with Crippen molar-refractivity contribution in [2.24, 2.45) is 5.73 Å². The van der Waals surface area contributed by atoms with Gasteiger partial charge in [0.1, 0.15) is 39.5 Å². The van der Waals surface area contributed by atoms with Crippen LogP contribution >= 0.6 is 79.6 Å². The van der Waals surface area contributed by atoms with Gasteiger partial charge in [0.25, 0.3) is 0 Å². The van der Waals surface area contributed by atoms with Crippen LogP contribution in [0.25, 0.3) is 76.7 Å². The second-order valence-corrected chi connectivity index (χ2v) is 39.1. The number of methoxy groups -OCH3 is 1. The van der Waals surface area contributed by atoms with Crippen molar-refractivity contribution >= 4 is 232 Å². The predicted octanol–water partition coefficient (Wildman–Crippen LogP) is 22.2. The van der Waals surface area contributed by atoms with Gasteiger partial charge in [0.15, 0.2) is 12.0 Å². The Hall–Kier alpha value is -14.3. The Bertz CT molecular complexity index is 7830. The van der Waals surface area contributed by atoms with E-state index in [1.54, 1.807) is 91.1 Å². The topological polar surface area (TPSA) is 463 Å². The van der Waals surface area contributed by atoms with Gasteiger partial charge in [0.05, 0.1) is 160 Å². The van der Waals surface area contributed by atoms with Crippen LogP contribution in [0, 0.1) is 0 Å². The number of nitrogens with two attached hydrogens (primary N) is 1. The number of aromatic carboxylic acids is 5. The molecule has 0 aliphatic carbocycles. The highest BCUT2D eigenvalue weighted by molar-refractivity contribution is 9.11. The number of nitrogens with one attached hydrogen (secondary N) is 5. The van der Waals surface area contributed by atoms with Gasteiger partial charge < -0.3 is 96.2 Å². The Morgan fingerprint density at radius 3 is 1.07 bits per heavy atom. The average molecular weight is 2320 g/mol. The van der Waals surface area contributed by atoms with Gasteiger partial charge in [-0.05, 0) is 173 Å². The van der Waals surface area contributed by atoms with Crippen LogP contribution in [0.2, 0.25) is 0 Å². The molecule has 0 saturated carbocycles. The molecule has 21 rings (SSSR count). The van der Waals surface area contributed by atoms with E-state index < -0.39 is 29.8 Å². The molecule has 17 aromatic rings. The molecule has 11 aromatic carbocycles. The second kappa shape index (κ2) is 49.0. The fourth-order valence-corrected chi connectivity index (χ4v) is 19.5. The van der Waals surface area contributed by atoms with Crippen molar-refractivity contribution in [3.63, 3.8) is 0 Å². The summed E-state index contributed by atoms with van der Waals surface area (Å²) in [5, 5.41) is 89.5. The van der Waals surface area contributed by atoms with Gasteiger partial charge in [-0.2, -0.15) is 0 Å². The normalized spacial score (nSPS) is 14.0. The van der Waals surface area contributed by atoms with Crippen LogP contribution < -0.4 is 37.1 Å². The number of oxazole rings is 1. The number of phenols is 2. The minimum absolute atomic E-state index is 0.0947. The number of anilines is 10. The van der Waals surface area contributed by atoms with E-state index in [1.165, 1.54) is 19.6 Å².